The Hall–Kier alpha value is -1.81. The summed E-state index contributed by atoms with van der Waals surface area (Å²) in [6, 6.07) is 5.42. The number of aromatic nitrogens is 2. The van der Waals surface area contributed by atoms with Crippen molar-refractivity contribution in [3.05, 3.63) is 46.4 Å². The summed E-state index contributed by atoms with van der Waals surface area (Å²) < 4.78 is 5.62. The minimum Gasteiger partial charge on any atom is -0.486 e. The van der Waals surface area contributed by atoms with E-state index in [1.165, 1.54) is 0 Å². The van der Waals surface area contributed by atoms with Gasteiger partial charge in [-0.15, -0.1) is 0 Å². The van der Waals surface area contributed by atoms with Crippen LogP contribution in [-0.2, 0) is 6.61 Å². The minimum absolute atomic E-state index is 0.283. The summed E-state index contributed by atoms with van der Waals surface area (Å²) in [5, 5.41) is 0.766. The van der Waals surface area contributed by atoms with Crippen LogP contribution in [0, 0.1) is 13.8 Å². The average Bonchev–Trinajstić information content (AvgIpc) is 2.33. The van der Waals surface area contributed by atoms with Crippen LogP contribution in [0.1, 0.15) is 17.0 Å². The molecule has 0 radical (unpaired) electrons. The molecule has 94 valence electrons. The molecule has 0 aliphatic rings. The quantitative estimate of drug-likeness (QED) is 0.925. The van der Waals surface area contributed by atoms with Crippen molar-refractivity contribution in [2.24, 2.45) is 0 Å². The summed E-state index contributed by atoms with van der Waals surface area (Å²) in [7, 11) is 0. The van der Waals surface area contributed by atoms with Crippen LogP contribution in [0.5, 0.6) is 5.75 Å². The van der Waals surface area contributed by atoms with Gasteiger partial charge in [0.1, 0.15) is 18.2 Å². The fraction of sp³-hybridized carbons (Fsp3) is 0.231. The van der Waals surface area contributed by atoms with Crippen LogP contribution >= 0.6 is 11.6 Å². The smallest absolute Gasteiger partial charge is 0.168 e. The molecule has 0 aliphatic carbocycles. The van der Waals surface area contributed by atoms with Gasteiger partial charge in [-0.2, -0.15) is 0 Å². The standard InChI is InChI=1S/C13H14ClN3O/c1-8-5-10(6-9(2)13(8)14)18-7-12-16-4-3-11(15)17-12/h3-6H,7H2,1-2H3,(H2,15,16,17). The fourth-order valence-electron chi connectivity index (χ4n) is 1.62. The Morgan fingerprint density at radius 1 is 1.28 bits per heavy atom. The van der Waals surface area contributed by atoms with Crippen molar-refractivity contribution in [1.29, 1.82) is 0 Å². The maximum Gasteiger partial charge on any atom is 0.168 e. The average molecular weight is 264 g/mol. The highest BCUT2D eigenvalue weighted by atomic mass is 35.5. The van der Waals surface area contributed by atoms with E-state index in [1.54, 1.807) is 12.3 Å². The summed E-state index contributed by atoms with van der Waals surface area (Å²) in [5.41, 5.74) is 7.54. The predicted molar refractivity (Wildman–Crippen MR) is 71.7 cm³/mol. The topological polar surface area (TPSA) is 61.0 Å². The largest absolute Gasteiger partial charge is 0.486 e. The van der Waals surface area contributed by atoms with Gasteiger partial charge in [0, 0.05) is 11.2 Å². The van der Waals surface area contributed by atoms with Gasteiger partial charge in [0.15, 0.2) is 5.82 Å². The second-order valence-corrected chi connectivity index (χ2v) is 4.44. The third-order valence-corrected chi connectivity index (χ3v) is 3.10. The molecule has 0 bridgehead atoms. The van der Waals surface area contributed by atoms with E-state index in [0.717, 1.165) is 21.9 Å². The minimum atomic E-state index is 0.283. The molecule has 1 aromatic carbocycles. The number of nitrogens with two attached hydrogens (primary N) is 1. The van der Waals surface area contributed by atoms with E-state index < -0.39 is 0 Å². The number of rotatable bonds is 3. The molecule has 5 heteroatoms. The van der Waals surface area contributed by atoms with Crippen LogP contribution in [0.15, 0.2) is 24.4 Å². The van der Waals surface area contributed by atoms with E-state index in [2.05, 4.69) is 9.97 Å². The maximum atomic E-state index is 6.09. The second-order valence-electron chi connectivity index (χ2n) is 4.06. The zero-order valence-corrected chi connectivity index (χ0v) is 11.0. The summed E-state index contributed by atoms with van der Waals surface area (Å²) in [6.45, 7) is 4.17. The summed E-state index contributed by atoms with van der Waals surface area (Å²) >= 11 is 6.09. The molecular weight excluding hydrogens is 250 g/mol. The molecule has 0 spiro atoms. The number of halogens is 1. The van der Waals surface area contributed by atoms with E-state index in [-0.39, 0.29) is 6.61 Å². The highest BCUT2D eigenvalue weighted by Gasteiger charge is 2.04. The van der Waals surface area contributed by atoms with Gasteiger partial charge in [-0.05, 0) is 43.2 Å². The molecule has 0 amide bonds. The van der Waals surface area contributed by atoms with Crippen LogP contribution in [0.4, 0.5) is 5.82 Å². The number of hydrogen-bond donors (Lipinski definition) is 1. The highest BCUT2D eigenvalue weighted by molar-refractivity contribution is 6.32. The molecule has 2 N–H and O–H groups in total. The maximum absolute atomic E-state index is 6.09. The van der Waals surface area contributed by atoms with Crippen LogP contribution in [0.25, 0.3) is 0 Å². The van der Waals surface area contributed by atoms with Crippen molar-refractivity contribution in [1.82, 2.24) is 9.97 Å². The number of nitrogens with zero attached hydrogens (tertiary/aromatic N) is 2. The molecule has 0 fully saturated rings. The van der Waals surface area contributed by atoms with Gasteiger partial charge in [0.05, 0.1) is 0 Å². The first-order valence-corrected chi connectivity index (χ1v) is 5.91. The third-order valence-electron chi connectivity index (χ3n) is 2.50. The van der Waals surface area contributed by atoms with Crippen molar-refractivity contribution in [3.63, 3.8) is 0 Å². The number of ether oxygens (including phenoxy) is 1. The zero-order valence-electron chi connectivity index (χ0n) is 10.3. The lowest BCUT2D eigenvalue weighted by Gasteiger charge is -2.09. The Morgan fingerprint density at radius 2 is 1.94 bits per heavy atom. The molecular formula is C13H14ClN3O. The predicted octanol–water partition coefficient (Wildman–Crippen LogP) is 2.91. The molecule has 18 heavy (non-hydrogen) atoms. The van der Waals surface area contributed by atoms with Gasteiger partial charge in [0.2, 0.25) is 0 Å². The molecule has 0 aliphatic heterocycles. The van der Waals surface area contributed by atoms with E-state index in [1.807, 2.05) is 26.0 Å². The van der Waals surface area contributed by atoms with E-state index in [0.29, 0.717) is 11.6 Å². The summed E-state index contributed by atoms with van der Waals surface area (Å²) in [4.78, 5) is 8.14. The first-order valence-electron chi connectivity index (χ1n) is 5.53. The highest BCUT2D eigenvalue weighted by Crippen LogP contribution is 2.26. The van der Waals surface area contributed by atoms with Crippen molar-refractivity contribution < 1.29 is 4.74 Å². The Kier molecular flexibility index (Phi) is 3.67. The van der Waals surface area contributed by atoms with Gasteiger partial charge < -0.3 is 10.5 Å². The van der Waals surface area contributed by atoms with Crippen LogP contribution < -0.4 is 10.5 Å². The third kappa shape index (κ3) is 2.90. The van der Waals surface area contributed by atoms with Gasteiger partial charge in [-0.1, -0.05) is 11.6 Å². The lowest BCUT2D eigenvalue weighted by Crippen LogP contribution is -2.03. The Balaban J connectivity index is 2.11. The molecule has 1 heterocycles. The molecule has 0 unspecified atom stereocenters. The lowest BCUT2D eigenvalue weighted by atomic mass is 10.1. The monoisotopic (exact) mass is 263 g/mol. The van der Waals surface area contributed by atoms with E-state index >= 15 is 0 Å². The van der Waals surface area contributed by atoms with Crippen molar-refractivity contribution in [3.8, 4) is 5.75 Å². The first-order chi connectivity index (χ1) is 8.56. The normalized spacial score (nSPS) is 10.4. The summed E-state index contributed by atoms with van der Waals surface area (Å²) in [6.07, 6.45) is 1.61. The molecule has 0 saturated heterocycles. The van der Waals surface area contributed by atoms with Crippen molar-refractivity contribution >= 4 is 17.4 Å². The molecule has 2 aromatic rings. The van der Waals surface area contributed by atoms with Crippen molar-refractivity contribution in [2.75, 3.05) is 5.73 Å². The number of aryl methyl sites for hydroxylation is 2. The van der Waals surface area contributed by atoms with Gasteiger partial charge in [-0.25, -0.2) is 9.97 Å². The number of benzene rings is 1. The molecule has 0 atom stereocenters. The van der Waals surface area contributed by atoms with Crippen LogP contribution in [-0.4, -0.2) is 9.97 Å². The zero-order chi connectivity index (χ0) is 13.1. The molecule has 0 saturated carbocycles. The number of hydrogen-bond acceptors (Lipinski definition) is 4. The molecule has 2 rings (SSSR count). The van der Waals surface area contributed by atoms with Crippen molar-refractivity contribution in [2.45, 2.75) is 20.5 Å². The Bertz CT molecular complexity index is 549. The Labute approximate surface area is 111 Å². The van der Waals surface area contributed by atoms with E-state index in [9.17, 15) is 0 Å². The van der Waals surface area contributed by atoms with Crippen LogP contribution in [0.3, 0.4) is 0 Å². The van der Waals surface area contributed by atoms with Gasteiger partial charge in [0.25, 0.3) is 0 Å². The fourth-order valence-corrected chi connectivity index (χ4v) is 1.73. The van der Waals surface area contributed by atoms with Crippen LogP contribution in [0.2, 0.25) is 5.02 Å². The second kappa shape index (κ2) is 5.23. The van der Waals surface area contributed by atoms with Gasteiger partial charge >= 0.3 is 0 Å². The van der Waals surface area contributed by atoms with Gasteiger partial charge in [-0.3, -0.25) is 0 Å². The number of nitrogen functional groups attached to an aromatic ring is 1. The lowest BCUT2D eigenvalue weighted by molar-refractivity contribution is 0.295. The summed E-state index contributed by atoms with van der Waals surface area (Å²) in [5.74, 6) is 1.74. The Morgan fingerprint density at radius 3 is 2.56 bits per heavy atom. The SMILES string of the molecule is Cc1cc(OCc2nccc(N)n2)cc(C)c1Cl. The number of anilines is 1. The first kappa shape index (κ1) is 12.6. The molecule has 1 aromatic heterocycles. The molecule has 4 nitrogen and oxygen atoms in total. The van der Waals surface area contributed by atoms with E-state index in [4.69, 9.17) is 22.1 Å².